The standard InChI is InChI=1S/C21H25ClFN5O2/c22-17-13-25-21(28-6-1-2-7-28)26-19(17)20(29)24-14-18(27-8-10-30-11-9-27)15-4-3-5-16(23)12-15/h3-5,12-13,18H,1-2,6-11,14H2,(H,24,29). The number of nitrogens with zero attached hydrogens (tertiary/aromatic N) is 4. The smallest absolute Gasteiger partial charge is 0.271 e. The molecule has 0 saturated carbocycles. The second-order valence-electron chi connectivity index (χ2n) is 7.49. The maximum Gasteiger partial charge on any atom is 0.271 e. The van der Waals surface area contributed by atoms with Crippen molar-refractivity contribution in [3.63, 3.8) is 0 Å². The first-order valence-electron chi connectivity index (χ1n) is 10.2. The van der Waals surface area contributed by atoms with Crippen molar-refractivity contribution in [2.75, 3.05) is 50.8 Å². The summed E-state index contributed by atoms with van der Waals surface area (Å²) in [6.07, 6.45) is 3.65. The van der Waals surface area contributed by atoms with Crippen molar-refractivity contribution in [2.24, 2.45) is 0 Å². The van der Waals surface area contributed by atoms with Gasteiger partial charge in [0.15, 0.2) is 5.69 Å². The van der Waals surface area contributed by atoms with Crippen LogP contribution in [0.2, 0.25) is 5.02 Å². The van der Waals surface area contributed by atoms with E-state index >= 15 is 0 Å². The molecule has 0 spiro atoms. The highest BCUT2D eigenvalue weighted by Gasteiger charge is 2.25. The lowest BCUT2D eigenvalue weighted by Gasteiger charge is -2.35. The zero-order valence-electron chi connectivity index (χ0n) is 16.7. The van der Waals surface area contributed by atoms with Crippen LogP contribution in [-0.4, -0.2) is 66.7 Å². The third-order valence-corrected chi connectivity index (χ3v) is 5.79. The molecule has 1 amide bonds. The lowest BCUT2D eigenvalue weighted by Crippen LogP contribution is -2.44. The summed E-state index contributed by atoms with van der Waals surface area (Å²) in [6, 6.07) is 6.31. The number of carbonyl (C=O) groups excluding carboxylic acids is 1. The first-order chi connectivity index (χ1) is 14.6. The fourth-order valence-corrected chi connectivity index (χ4v) is 4.10. The normalized spacial score (nSPS) is 18.4. The number of amides is 1. The molecule has 1 aromatic heterocycles. The van der Waals surface area contributed by atoms with Crippen molar-refractivity contribution in [1.29, 1.82) is 0 Å². The van der Waals surface area contributed by atoms with Crippen LogP contribution in [0.4, 0.5) is 10.3 Å². The number of morpholine rings is 1. The molecule has 0 aliphatic carbocycles. The van der Waals surface area contributed by atoms with E-state index in [1.165, 1.54) is 18.3 Å². The molecule has 0 bridgehead atoms. The molecule has 1 N–H and O–H groups in total. The number of carbonyl (C=O) groups is 1. The van der Waals surface area contributed by atoms with E-state index in [9.17, 15) is 9.18 Å². The first-order valence-corrected chi connectivity index (χ1v) is 10.6. The van der Waals surface area contributed by atoms with Gasteiger partial charge in [-0.3, -0.25) is 9.69 Å². The fraction of sp³-hybridized carbons (Fsp3) is 0.476. The monoisotopic (exact) mass is 433 g/mol. The van der Waals surface area contributed by atoms with Gasteiger partial charge in [-0.1, -0.05) is 23.7 Å². The summed E-state index contributed by atoms with van der Waals surface area (Å²) in [6.45, 7) is 4.70. The van der Waals surface area contributed by atoms with Gasteiger partial charge in [0, 0.05) is 32.7 Å². The minimum atomic E-state index is -0.363. The van der Waals surface area contributed by atoms with Gasteiger partial charge >= 0.3 is 0 Å². The number of anilines is 1. The molecule has 2 aliphatic rings. The van der Waals surface area contributed by atoms with E-state index in [-0.39, 0.29) is 28.5 Å². The van der Waals surface area contributed by atoms with Gasteiger partial charge in [-0.05, 0) is 30.5 Å². The summed E-state index contributed by atoms with van der Waals surface area (Å²) < 4.78 is 19.3. The first kappa shape index (κ1) is 21.0. The summed E-state index contributed by atoms with van der Waals surface area (Å²) in [5, 5.41) is 3.15. The van der Waals surface area contributed by atoms with E-state index in [0.717, 1.165) is 31.5 Å². The van der Waals surface area contributed by atoms with Crippen molar-refractivity contribution in [1.82, 2.24) is 20.2 Å². The molecular formula is C21H25ClFN5O2. The summed E-state index contributed by atoms with van der Waals surface area (Å²) in [5.74, 6) is -0.138. The van der Waals surface area contributed by atoms with E-state index in [0.29, 0.717) is 38.8 Å². The Hall–Kier alpha value is -2.29. The molecule has 2 aromatic rings. The lowest BCUT2D eigenvalue weighted by atomic mass is 10.0. The van der Waals surface area contributed by atoms with E-state index < -0.39 is 0 Å². The van der Waals surface area contributed by atoms with E-state index in [4.69, 9.17) is 16.3 Å². The topological polar surface area (TPSA) is 70.6 Å². The number of benzene rings is 1. The molecule has 9 heteroatoms. The molecule has 30 heavy (non-hydrogen) atoms. The van der Waals surface area contributed by atoms with Crippen molar-refractivity contribution < 1.29 is 13.9 Å². The van der Waals surface area contributed by atoms with E-state index in [2.05, 4.69) is 25.1 Å². The van der Waals surface area contributed by atoms with Crippen molar-refractivity contribution in [3.05, 3.63) is 52.6 Å². The molecule has 2 aliphatic heterocycles. The van der Waals surface area contributed by atoms with Crippen LogP contribution in [0.25, 0.3) is 0 Å². The Labute approximate surface area is 180 Å². The van der Waals surface area contributed by atoms with Gasteiger partial charge in [-0.15, -0.1) is 0 Å². The number of rotatable bonds is 6. The average Bonchev–Trinajstić information content (AvgIpc) is 3.30. The van der Waals surface area contributed by atoms with Crippen LogP contribution in [0.5, 0.6) is 0 Å². The fourth-order valence-electron chi connectivity index (χ4n) is 3.92. The molecule has 2 fully saturated rings. The third-order valence-electron chi connectivity index (χ3n) is 5.51. The van der Waals surface area contributed by atoms with Crippen LogP contribution < -0.4 is 10.2 Å². The number of nitrogens with one attached hydrogen (secondary N) is 1. The van der Waals surface area contributed by atoms with Crippen LogP contribution in [0, 0.1) is 5.82 Å². The number of halogens is 2. The molecule has 3 heterocycles. The van der Waals surface area contributed by atoms with Gasteiger partial charge in [-0.25, -0.2) is 14.4 Å². The van der Waals surface area contributed by atoms with Gasteiger partial charge in [0.1, 0.15) is 5.82 Å². The van der Waals surface area contributed by atoms with Gasteiger partial charge in [-0.2, -0.15) is 0 Å². The molecule has 160 valence electrons. The highest BCUT2D eigenvalue weighted by atomic mass is 35.5. The zero-order valence-corrected chi connectivity index (χ0v) is 17.4. The Bertz CT molecular complexity index is 887. The van der Waals surface area contributed by atoms with E-state index in [1.54, 1.807) is 6.07 Å². The lowest BCUT2D eigenvalue weighted by molar-refractivity contribution is 0.0161. The highest BCUT2D eigenvalue weighted by molar-refractivity contribution is 6.33. The number of ether oxygens (including phenoxy) is 1. The molecule has 1 unspecified atom stereocenters. The number of hydrogen-bond donors (Lipinski definition) is 1. The van der Waals surface area contributed by atoms with Gasteiger partial charge < -0.3 is 15.0 Å². The molecule has 4 rings (SSSR count). The minimum absolute atomic E-state index is 0.161. The van der Waals surface area contributed by atoms with E-state index in [1.807, 2.05) is 6.07 Å². The highest BCUT2D eigenvalue weighted by Crippen LogP contribution is 2.23. The third kappa shape index (κ3) is 4.88. The van der Waals surface area contributed by atoms with Crippen LogP contribution >= 0.6 is 11.6 Å². The number of aromatic nitrogens is 2. The largest absolute Gasteiger partial charge is 0.379 e. The van der Waals surface area contributed by atoms with Gasteiger partial charge in [0.05, 0.1) is 30.5 Å². The second-order valence-corrected chi connectivity index (χ2v) is 7.90. The van der Waals surface area contributed by atoms with Crippen LogP contribution in [0.15, 0.2) is 30.5 Å². The molecule has 0 radical (unpaired) electrons. The average molecular weight is 434 g/mol. The second kappa shape index (κ2) is 9.68. The summed E-state index contributed by atoms with van der Waals surface area (Å²) in [5.41, 5.74) is 0.970. The Kier molecular flexibility index (Phi) is 6.76. The molecule has 1 aromatic carbocycles. The molecule has 1 atom stereocenters. The van der Waals surface area contributed by atoms with Gasteiger partial charge in [0.2, 0.25) is 5.95 Å². The van der Waals surface area contributed by atoms with Crippen LogP contribution in [0.3, 0.4) is 0 Å². The van der Waals surface area contributed by atoms with Crippen LogP contribution in [0.1, 0.15) is 34.9 Å². The SMILES string of the molecule is O=C(NCC(c1cccc(F)c1)N1CCOCC1)c1nc(N2CCCC2)ncc1Cl. The molecule has 2 saturated heterocycles. The minimum Gasteiger partial charge on any atom is -0.379 e. The van der Waals surface area contributed by atoms with Crippen LogP contribution in [-0.2, 0) is 4.74 Å². The maximum atomic E-state index is 13.8. The summed E-state index contributed by atoms with van der Waals surface area (Å²) in [4.78, 5) is 25.8. The predicted octanol–water partition coefficient (Wildman–Crippen LogP) is 2.67. The quantitative estimate of drug-likeness (QED) is 0.755. The predicted molar refractivity (Wildman–Crippen MR) is 112 cm³/mol. The van der Waals surface area contributed by atoms with Crippen molar-refractivity contribution in [3.8, 4) is 0 Å². The molecule has 7 nitrogen and oxygen atoms in total. The maximum absolute atomic E-state index is 13.8. The van der Waals surface area contributed by atoms with Crippen molar-refractivity contribution in [2.45, 2.75) is 18.9 Å². The summed E-state index contributed by atoms with van der Waals surface area (Å²) >= 11 is 6.22. The van der Waals surface area contributed by atoms with Gasteiger partial charge in [0.25, 0.3) is 5.91 Å². The Morgan fingerprint density at radius 2 is 2.00 bits per heavy atom. The Balaban J connectivity index is 1.50. The zero-order chi connectivity index (χ0) is 20.9. The molecular weight excluding hydrogens is 409 g/mol. The Morgan fingerprint density at radius 3 is 2.73 bits per heavy atom. The van der Waals surface area contributed by atoms with Crippen molar-refractivity contribution >= 4 is 23.5 Å². The Morgan fingerprint density at radius 1 is 1.23 bits per heavy atom. The number of hydrogen-bond acceptors (Lipinski definition) is 6. The summed E-state index contributed by atoms with van der Waals surface area (Å²) in [7, 11) is 0.